The van der Waals surface area contributed by atoms with E-state index in [1.54, 1.807) is 25.2 Å². The van der Waals surface area contributed by atoms with Crippen LogP contribution in [0.2, 0.25) is 0 Å². The van der Waals surface area contributed by atoms with Crippen LogP contribution in [0.25, 0.3) is 0 Å². The predicted octanol–water partition coefficient (Wildman–Crippen LogP) is 1.06. The van der Waals surface area contributed by atoms with E-state index in [4.69, 9.17) is 4.74 Å². The molecular formula is C10H11BrN4O2. The second-order valence-electron chi connectivity index (χ2n) is 3.40. The number of pyridine rings is 1. The Hall–Kier alpha value is -1.47. The van der Waals surface area contributed by atoms with Crippen LogP contribution >= 0.6 is 15.9 Å². The van der Waals surface area contributed by atoms with Crippen LogP contribution < -0.4 is 4.74 Å². The van der Waals surface area contributed by atoms with Gasteiger partial charge in [-0.25, -0.2) is 9.67 Å². The minimum Gasteiger partial charge on any atom is -0.481 e. The minimum absolute atomic E-state index is 0.452. The number of ether oxygens (including phenoxy) is 1. The van der Waals surface area contributed by atoms with E-state index in [0.29, 0.717) is 21.9 Å². The molecule has 0 spiro atoms. The Morgan fingerprint density at radius 2 is 2.24 bits per heavy atom. The lowest BCUT2D eigenvalue weighted by Crippen LogP contribution is -2.09. The maximum atomic E-state index is 10.2. The molecular weight excluding hydrogens is 288 g/mol. The Morgan fingerprint density at radius 3 is 2.82 bits per heavy atom. The summed E-state index contributed by atoms with van der Waals surface area (Å²) in [5.41, 5.74) is 1.03. The monoisotopic (exact) mass is 298 g/mol. The van der Waals surface area contributed by atoms with Gasteiger partial charge in [-0.15, -0.1) is 5.10 Å². The molecule has 0 aliphatic carbocycles. The molecule has 0 radical (unpaired) electrons. The fourth-order valence-corrected chi connectivity index (χ4v) is 2.01. The minimum atomic E-state index is -0.903. The number of aromatic nitrogens is 4. The first-order valence-electron chi connectivity index (χ1n) is 4.87. The van der Waals surface area contributed by atoms with Gasteiger partial charge in [0.2, 0.25) is 5.88 Å². The average Bonchev–Trinajstić information content (AvgIpc) is 2.68. The number of rotatable bonds is 3. The lowest BCUT2D eigenvalue weighted by molar-refractivity contribution is 0.202. The quantitative estimate of drug-likeness (QED) is 0.917. The molecule has 1 atom stereocenters. The number of aliphatic hydroxyl groups is 1. The third-order valence-electron chi connectivity index (χ3n) is 2.32. The molecule has 2 aromatic heterocycles. The van der Waals surface area contributed by atoms with Crippen LogP contribution in [0, 0.1) is 0 Å². The van der Waals surface area contributed by atoms with Crippen molar-refractivity contribution in [3.8, 4) is 5.88 Å². The highest BCUT2D eigenvalue weighted by atomic mass is 79.9. The zero-order valence-corrected chi connectivity index (χ0v) is 10.9. The standard InChI is InChI=1S/C10H11BrN4O2/c1-15-8(10(11)13-14-15)9(16)6-4-3-5-7(12-6)17-2/h3-5,9,16H,1-2H3. The van der Waals surface area contributed by atoms with E-state index in [2.05, 4.69) is 31.2 Å². The highest BCUT2D eigenvalue weighted by Gasteiger charge is 2.20. The van der Waals surface area contributed by atoms with Gasteiger partial charge in [-0.2, -0.15) is 0 Å². The van der Waals surface area contributed by atoms with Crippen molar-refractivity contribution in [1.82, 2.24) is 20.0 Å². The van der Waals surface area contributed by atoms with E-state index in [9.17, 15) is 5.11 Å². The Morgan fingerprint density at radius 1 is 1.47 bits per heavy atom. The summed E-state index contributed by atoms with van der Waals surface area (Å²) in [5, 5.41) is 17.8. The third-order valence-corrected chi connectivity index (χ3v) is 2.88. The Bertz CT molecular complexity index is 509. The molecule has 0 saturated heterocycles. The molecule has 0 saturated carbocycles. The summed E-state index contributed by atoms with van der Waals surface area (Å²) >= 11 is 3.24. The van der Waals surface area contributed by atoms with Crippen molar-refractivity contribution < 1.29 is 9.84 Å². The smallest absolute Gasteiger partial charge is 0.213 e. The molecule has 7 heteroatoms. The van der Waals surface area contributed by atoms with Gasteiger partial charge in [-0.3, -0.25) is 0 Å². The second-order valence-corrected chi connectivity index (χ2v) is 4.15. The molecule has 2 heterocycles. The summed E-state index contributed by atoms with van der Waals surface area (Å²) in [6.45, 7) is 0. The topological polar surface area (TPSA) is 73.1 Å². The van der Waals surface area contributed by atoms with E-state index < -0.39 is 6.10 Å². The summed E-state index contributed by atoms with van der Waals surface area (Å²) in [6, 6.07) is 5.20. The van der Waals surface area contributed by atoms with Crippen LogP contribution in [-0.4, -0.2) is 32.2 Å². The molecule has 0 fully saturated rings. The van der Waals surface area contributed by atoms with E-state index in [0.717, 1.165) is 0 Å². The van der Waals surface area contributed by atoms with Gasteiger partial charge in [0.1, 0.15) is 11.8 Å². The van der Waals surface area contributed by atoms with Crippen molar-refractivity contribution in [3.05, 3.63) is 34.2 Å². The number of methoxy groups -OCH3 is 1. The van der Waals surface area contributed by atoms with Gasteiger partial charge in [0.25, 0.3) is 0 Å². The Kier molecular flexibility index (Phi) is 3.39. The Balaban J connectivity index is 2.40. The molecule has 1 unspecified atom stereocenters. The maximum absolute atomic E-state index is 10.2. The number of hydrogen-bond donors (Lipinski definition) is 1. The molecule has 17 heavy (non-hydrogen) atoms. The van der Waals surface area contributed by atoms with Gasteiger partial charge in [0, 0.05) is 13.1 Å². The van der Waals surface area contributed by atoms with Crippen LogP contribution in [-0.2, 0) is 7.05 Å². The highest BCUT2D eigenvalue weighted by molar-refractivity contribution is 9.10. The van der Waals surface area contributed by atoms with Crippen molar-refractivity contribution in [2.24, 2.45) is 7.05 Å². The number of nitrogens with zero attached hydrogens (tertiary/aromatic N) is 4. The predicted molar refractivity (Wildman–Crippen MR) is 63.6 cm³/mol. The molecule has 2 aromatic rings. The third kappa shape index (κ3) is 2.29. The van der Waals surface area contributed by atoms with Crippen molar-refractivity contribution in [2.75, 3.05) is 7.11 Å². The van der Waals surface area contributed by atoms with Crippen LogP contribution in [0.1, 0.15) is 17.5 Å². The first-order chi connectivity index (χ1) is 8.13. The van der Waals surface area contributed by atoms with Crippen molar-refractivity contribution >= 4 is 15.9 Å². The normalized spacial score (nSPS) is 12.5. The van der Waals surface area contributed by atoms with Crippen molar-refractivity contribution in [1.29, 1.82) is 0 Å². The second kappa shape index (κ2) is 4.80. The summed E-state index contributed by atoms with van der Waals surface area (Å²) < 4.78 is 7.00. The fraction of sp³-hybridized carbons (Fsp3) is 0.300. The molecule has 2 rings (SSSR count). The van der Waals surface area contributed by atoms with E-state index in [-0.39, 0.29) is 0 Å². The molecule has 0 aliphatic rings. The van der Waals surface area contributed by atoms with Crippen LogP contribution in [0.5, 0.6) is 5.88 Å². The molecule has 0 bridgehead atoms. The van der Waals surface area contributed by atoms with Gasteiger partial charge in [-0.1, -0.05) is 11.3 Å². The summed E-state index contributed by atoms with van der Waals surface area (Å²) in [4.78, 5) is 4.17. The van der Waals surface area contributed by atoms with Crippen LogP contribution in [0.15, 0.2) is 22.8 Å². The number of halogens is 1. The van der Waals surface area contributed by atoms with Gasteiger partial charge in [0.05, 0.1) is 12.8 Å². The summed E-state index contributed by atoms with van der Waals surface area (Å²) in [5.74, 6) is 0.452. The molecule has 0 aromatic carbocycles. The molecule has 0 aliphatic heterocycles. The van der Waals surface area contributed by atoms with Crippen LogP contribution in [0.4, 0.5) is 0 Å². The SMILES string of the molecule is COc1cccc(C(O)c2c(Br)nnn2C)n1. The number of aliphatic hydroxyl groups excluding tert-OH is 1. The summed E-state index contributed by atoms with van der Waals surface area (Å²) in [7, 11) is 3.23. The number of hydrogen-bond acceptors (Lipinski definition) is 5. The van der Waals surface area contributed by atoms with E-state index in [1.165, 1.54) is 11.8 Å². The number of aryl methyl sites for hydroxylation is 1. The van der Waals surface area contributed by atoms with Gasteiger partial charge in [0.15, 0.2) is 4.60 Å². The molecule has 90 valence electrons. The van der Waals surface area contributed by atoms with E-state index >= 15 is 0 Å². The summed E-state index contributed by atoms with van der Waals surface area (Å²) in [6.07, 6.45) is -0.903. The maximum Gasteiger partial charge on any atom is 0.213 e. The fourth-order valence-electron chi connectivity index (χ4n) is 1.47. The molecule has 0 amide bonds. The average molecular weight is 299 g/mol. The lowest BCUT2D eigenvalue weighted by atomic mass is 10.2. The lowest BCUT2D eigenvalue weighted by Gasteiger charge is -2.11. The molecule has 6 nitrogen and oxygen atoms in total. The van der Waals surface area contributed by atoms with Gasteiger partial charge >= 0.3 is 0 Å². The zero-order valence-electron chi connectivity index (χ0n) is 9.33. The largest absolute Gasteiger partial charge is 0.481 e. The van der Waals surface area contributed by atoms with Crippen molar-refractivity contribution in [3.63, 3.8) is 0 Å². The van der Waals surface area contributed by atoms with Crippen LogP contribution in [0.3, 0.4) is 0 Å². The first kappa shape index (κ1) is 12.0. The van der Waals surface area contributed by atoms with E-state index in [1.807, 2.05) is 0 Å². The van der Waals surface area contributed by atoms with Crippen molar-refractivity contribution in [2.45, 2.75) is 6.10 Å². The first-order valence-corrected chi connectivity index (χ1v) is 5.67. The molecule has 1 N–H and O–H groups in total. The Labute approximate surface area is 106 Å². The van der Waals surface area contributed by atoms with Gasteiger partial charge < -0.3 is 9.84 Å². The van der Waals surface area contributed by atoms with Gasteiger partial charge in [-0.05, 0) is 22.0 Å². The highest BCUT2D eigenvalue weighted by Crippen LogP contribution is 2.26. The zero-order chi connectivity index (χ0) is 12.4.